The van der Waals surface area contributed by atoms with Crippen molar-refractivity contribution in [1.82, 2.24) is 0 Å². The molecular formula is C12H24O. The van der Waals surface area contributed by atoms with E-state index in [-0.39, 0.29) is 5.41 Å². The average molecular weight is 184 g/mol. The molecule has 1 heteroatoms. The molecule has 13 heavy (non-hydrogen) atoms. The Morgan fingerprint density at radius 3 is 2.15 bits per heavy atom. The number of methoxy groups -OCH3 is 1. The average Bonchev–Trinajstić information content (AvgIpc) is 2.12. The van der Waals surface area contributed by atoms with Gasteiger partial charge >= 0.3 is 0 Å². The van der Waals surface area contributed by atoms with E-state index in [0.29, 0.717) is 5.92 Å². The van der Waals surface area contributed by atoms with E-state index in [9.17, 15) is 0 Å². The highest BCUT2D eigenvalue weighted by Gasteiger charge is 2.34. The van der Waals surface area contributed by atoms with Gasteiger partial charge in [-0.2, -0.15) is 0 Å². The van der Waals surface area contributed by atoms with Crippen LogP contribution in [0.3, 0.4) is 0 Å². The molecule has 1 unspecified atom stereocenters. The van der Waals surface area contributed by atoms with Crippen molar-refractivity contribution < 1.29 is 4.74 Å². The molecule has 0 aliphatic carbocycles. The first-order valence-corrected chi connectivity index (χ1v) is 5.28. The minimum Gasteiger partial charge on any atom is -0.501 e. The first-order valence-electron chi connectivity index (χ1n) is 5.28. The summed E-state index contributed by atoms with van der Waals surface area (Å²) in [7, 11) is 1.73. The maximum absolute atomic E-state index is 5.33. The Morgan fingerprint density at radius 1 is 1.38 bits per heavy atom. The molecule has 78 valence electrons. The standard InChI is InChI=1S/C12H24O/c1-7-9-12(8-2,10(3)4)11(5)13-6/h10H,5,7-9H2,1-4,6H3. The summed E-state index contributed by atoms with van der Waals surface area (Å²) in [5, 5.41) is 0. The number of hydrogen-bond acceptors (Lipinski definition) is 1. The molecule has 0 fully saturated rings. The van der Waals surface area contributed by atoms with Crippen molar-refractivity contribution in [2.45, 2.75) is 47.0 Å². The van der Waals surface area contributed by atoms with Crippen LogP contribution in [0.1, 0.15) is 47.0 Å². The van der Waals surface area contributed by atoms with Crippen LogP contribution in [0.4, 0.5) is 0 Å². The van der Waals surface area contributed by atoms with Crippen molar-refractivity contribution >= 4 is 0 Å². The lowest BCUT2D eigenvalue weighted by atomic mass is 9.70. The van der Waals surface area contributed by atoms with E-state index in [1.165, 1.54) is 12.8 Å². The molecule has 1 atom stereocenters. The molecule has 0 radical (unpaired) electrons. The first-order chi connectivity index (χ1) is 6.05. The fourth-order valence-electron chi connectivity index (χ4n) is 2.18. The monoisotopic (exact) mass is 184 g/mol. The van der Waals surface area contributed by atoms with E-state index in [1.54, 1.807) is 7.11 Å². The molecule has 0 spiro atoms. The van der Waals surface area contributed by atoms with Crippen LogP contribution in [-0.2, 0) is 4.74 Å². The summed E-state index contributed by atoms with van der Waals surface area (Å²) in [6, 6.07) is 0. The third-order valence-electron chi connectivity index (χ3n) is 3.23. The molecule has 0 rings (SSSR count). The van der Waals surface area contributed by atoms with Gasteiger partial charge in [-0.3, -0.25) is 0 Å². The van der Waals surface area contributed by atoms with Gasteiger partial charge in [0, 0.05) is 5.41 Å². The van der Waals surface area contributed by atoms with Gasteiger partial charge in [0.25, 0.3) is 0 Å². The SMILES string of the molecule is C=C(OC)C(CC)(CCC)C(C)C. The maximum Gasteiger partial charge on any atom is 0.0947 e. The molecule has 0 aliphatic rings. The Kier molecular flexibility index (Phi) is 5.12. The minimum absolute atomic E-state index is 0.184. The molecule has 0 heterocycles. The molecule has 0 aromatic rings. The molecule has 0 bridgehead atoms. The van der Waals surface area contributed by atoms with Gasteiger partial charge in [0.05, 0.1) is 12.9 Å². The van der Waals surface area contributed by atoms with Crippen LogP contribution in [0.2, 0.25) is 0 Å². The van der Waals surface area contributed by atoms with Gasteiger partial charge < -0.3 is 4.74 Å². The summed E-state index contributed by atoms with van der Waals surface area (Å²) in [6.45, 7) is 13.0. The van der Waals surface area contributed by atoms with Crippen LogP contribution in [0.5, 0.6) is 0 Å². The molecule has 0 N–H and O–H groups in total. The Balaban J connectivity index is 4.74. The zero-order chi connectivity index (χ0) is 10.5. The Labute approximate surface area is 83.2 Å². The summed E-state index contributed by atoms with van der Waals surface area (Å²) in [6.07, 6.45) is 3.48. The third-order valence-corrected chi connectivity index (χ3v) is 3.23. The summed E-state index contributed by atoms with van der Waals surface area (Å²) in [5.74, 6) is 1.55. The summed E-state index contributed by atoms with van der Waals surface area (Å²) >= 11 is 0. The molecule has 0 saturated carbocycles. The van der Waals surface area contributed by atoms with Crippen LogP contribution >= 0.6 is 0 Å². The predicted octanol–water partition coefficient (Wildman–Crippen LogP) is 4.00. The summed E-state index contributed by atoms with van der Waals surface area (Å²) < 4.78 is 5.33. The fraction of sp³-hybridized carbons (Fsp3) is 0.833. The number of ether oxygens (including phenoxy) is 1. The Bertz CT molecular complexity index is 161. The van der Waals surface area contributed by atoms with E-state index in [4.69, 9.17) is 4.74 Å². The highest BCUT2D eigenvalue weighted by molar-refractivity contribution is 5.04. The topological polar surface area (TPSA) is 9.23 Å². The third kappa shape index (κ3) is 2.49. The van der Waals surface area contributed by atoms with Gasteiger partial charge in [0.15, 0.2) is 0 Å². The highest BCUT2D eigenvalue weighted by atomic mass is 16.5. The first kappa shape index (κ1) is 12.5. The molecule has 0 aliphatic heterocycles. The molecule has 0 amide bonds. The second-order valence-electron chi connectivity index (χ2n) is 4.04. The van der Waals surface area contributed by atoms with Gasteiger partial charge in [0.1, 0.15) is 0 Å². The van der Waals surface area contributed by atoms with Crippen molar-refractivity contribution in [1.29, 1.82) is 0 Å². The number of hydrogen-bond donors (Lipinski definition) is 0. The lowest BCUT2D eigenvalue weighted by Gasteiger charge is -2.37. The van der Waals surface area contributed by atoms with Crippen LogP contribution in [0.15, 0.2) is 12.3 Å². The quantitative estimate of drug-likeness (QED) is 0.567. The largest absolute Gasteiger partial charge is 0.501 e. The van der Waals surface area contributed by atoms with Gasteiger partial charge in [-0.15, -0.1) is 0 Å². The highest BCUT2D eigenvalue weighted by Crippen LogP contribution is 2.42. The Morgan fingerprint density at radius 2 is 1.92 bits per heavy atom. The van der Waals surface area contributed by atoms with Crippen molar-refractivity contribution in [3.63, 3.8) is 0 Å². The van der Waals surface area contributed by atoms with Gasteiger partial charge in [-0.05, 0) is 18.8 Å². The minimum atomic E-state index is 0.184. The molecule has 0 saturated heterocycles. The summed E-state index contributed by atoms with van der Waals surface area (Å²) in [4.78, 5) is 0. The second kappa shape index (κ2) is 5.31. The van der Waals surface area contributed by atoms with E-state index < -0.39 is 0 Å². The lowest BCUT2D eigenvalue weighted by molar-refractivity contribution is 0.106. The second-order valence-corrected chi connectivity index (χ2v) is 4.04. The van der Waals surface area contributed by atoms with Crippen LogP contribution in [-0.4, -0.2) is 7.11 Å². The molecule has 1 nitrogen and oxygen atoms in total. The Hall–Kier alpha value is -0.460. The van der Waals surface area contributed by atoms with Crippen LogP contribution in [0, 0.1) is 11.3 Å². The smallest absolute Gasteiger partial charge is 0.0947 e. The van der Waals surface area contributed by atoms with Crippen molar-refractivity contribution in [2.75, 3.05) is 7.11 Å². The van der Waals surface area contributed by atoms with E-state index in [2.05, 4.69) is 34.3 Å². The van der Waals surface area contributed by atoms with Gasteiger partial charge in [0.2, 0.25) is 0 Å². The van der Waals surface area contributed by atoms with E-state index >= 15 is 0 Å². The molecule has 0 aromatic carbocycles. The van der Waals surface area contributed by atoms with Crippen molar-refractivity contribution in [3.8, 4) is 0 Å². The molecule has 0 aromatic heterocycles. The zero-order valence-electron chi connectivity index (χ0n) is 9.81. The maximum atomic E-state index is 5.33. The number of allylic oxidation sites excluding steroid dienone is 1. The zero-order valence-corrected chi connectivity index (χ0v) is 9.81. The van der Waals surface area contributed by atoms with E-state index in [0.717, 1.165) is 12.2 Å². The number of rotatable bonds is 6. The van der Waals surface area contributed by atoms with Crippen LogP contribution < -0.4 is 0 Å². The van der Waals surface area contributed by atoms with Crippen molar-refractivity contribution in [2.24, 2.45) is 11.3 Å². The molecular weight excluding hydrogens is 160 g/mol. The fourth-order valence-corrected chi connectivity index (χ4v) is 2.18. The van der Waals surface area contributed by atoms with Gasteiger partial charge in [-0.1, -0.05) is 40.7 Å². The lowest BCUT2D eigenvalue weighted by Crippen LogP contribution is -2.29. The predicted molar refractivity (Wildman–Crippen MR) is 58.6 cm³/mol. The van der Waals surface area contributed by atoms with Gasteiger partial charge in [-0.25, -0.2) is 0 Å². The van der Waals surface area contributed by atoms with E-state index in [1.807, 2.05) is 0 Å². The van der Waals surface area contributed by atoms with Crippen molar-refractivity contribution in [3.05, 3.63) is 12.3 Å². The normalized spacial score (nSPS) is 15.5. The van der Waals surface area contributed by atoms with Crippen LogP contribution in [0.25, 0.3) is 0 Å². The summed E-state index contributed by atoms with van der Waals surface area (Å²) in [5.41, 5.74) is 0.184.